The van der Waals surface area contributed by atoms with E-state index in [4.69, 9.17) is 9.47 Å². The van der Waals surface area contributed by atoms with Gasteiger partial charge in [0.25, 0.3) is 0 Å². The zero-order chi connectivity index (χ0) is 27.5. The number of hydrogen-bond acceptors (Lipinski definition) is 5. The average Bonchev–Trinajstić information content (AvgIpc) is 2.92. The molecule has 6 nitrogen and oxygen atoms in total. The maximum absolute atomic E-state index is 13.3. The van der Waals surface area contributed by atoms with Gasteiger partial charge in [-0.3, -0.25) is 14.7 Å². The molecule has 3 rings (SSSR count). The van der Waals surface area contributed by atoms with Crippen LogP contribution >= 0.6 is 0 Å². The number of likely N-dealkylation sites (N-methyl/N-ethyl adjacent to an activating group) is 1. The summed E-state index contributed by atoms with van der Waals surface area (Å²) in [7, 11) is 3.69. The Labute approximate surface area is 227 Å². The Morgan fingerprint density at radius 2 is 1.89 bits per heavy atom. The molecule has 0 radical (unpaired) electrons. The first-order valence-electron chi connectivity index (χ1n) is 13.3. The van der Waals surface area contributed by atoms with Crippen LogP contribution < -0.4 is 14.8 Å². The second-order valence-corrected chi connectivity index (χ2v) is 9.84. The lowest BCUT2D eigenvalue weighted by molar-refractivity contribution is -0.126. The number of allylic oxidation sites excluding steroid dienone is 2. The molecule has 2 aromatic carbocycles. The highest BCUT2D eigenvalue weighted by atomic mass is 16.5. The number of carbonyl (C=O) groups is 1. The van der Waals surface area contributed by atoms with Gasteiger partial charge in [0.1, 0.15) is 18.1 Å². The SMILES string of the molecule is C/C=C(\C=C/COc1ccnc2cc(CC)c(OC)cc12)NC(=O)C(CC(C)C)N(C)Cc1ccccc1. The van der Waals surface area contributed by atoms with Gasteiger partial charge in [-0.05, 0) is 74.2 Å². The molecule has 0 spiro atoms. The van der Waals surface area contributed by atoms with E-state index in [2.05, 4.69) is 48.1 Å². The summed E-state index contributed by atoms with van der Waals surface area (Å²) in [5, 5.41) is 4.02. The molecular weight excluding hydrogens is 474 g/mol. The second kappa shape index (κ2) is 14.3. The van der Waals surface area contributed by atoms with Crippen molar-refractivity contribution in [3.05, 3.63) is 89.8 Å². The molecule has 1 heterocycles. The number of benzene rings is 2. The molecule has 202 valence electrons. The van der Waals surface area contributed by atoms with E-state index in [-0.39, 0.29) is 11.9 Å². The number of rotatable bonds is 13. The summed E-state index contributed by atoms with van der Waals surface area (Å²) in [5.74, 6) is 1.96. The van der Waals surface area contributed by atoms with E-state index in [9.17, 15) is 4.79 Å². The van der Waals surface area contributed by atoms with Gasteiger partial charge in [-0.15, -0.1) is 0 Å². The molecule has 0 aliphatic rings. The van der Waals surface area contributed by atoms with Gasteiger partial charge in [-0.2, -0.15) is 0 Å². The molecule has 1 aromatic heterocycles. The summed E-state index contributed by atoms with van der Waals surface area (Å²) in [5.41, 5.74) is 3.92. The monoisotopic (exact) mass is 515 g/mol. The minimum atomic E-state index is -0.235. The standard InChI is InChI=1S/C32H41N3O3/c1-7-25-20-28-27(21-31(25)37-6)30(16-17-33-28)38-18-12-15-26(8-2)34-32(36)29(19-23(3)4)35(5)22-24-13-10-9-11-14-24/h8-17,20-21,23,29H,7,18-19,22H2,1-6H3,(H,34,36)/b15-12-,26-8+. The van der Waals surface area contributed by atoms with Crippen LogP contribution in [0.15, 0.2) is 78.7 Å². The number of pyridine rings is 1. The van der Waals surface area contributed by atoms with Gasteiger partial charge in [0.15, 0.2) is 0 Å². The molecule has 6 heteroatoms. The number of hydrogen-bond donors (Lipinski definition) is 1. The van der Waals surface area contributed by atoms with E-state index >= 15 is 0 Å². The zero-order valence-corrected chi connectivity index (χ0v) is 23.5. The van der Waals surface area contributed by atoms with Gasteiger partial charge in [-0.1, -0.05) is 57.2 Å². The summed E-state index contributed by atoms with van der Waals surface area (Å²) < 4.78 is 11.6. The predicted molar refractivity (Wildman–Crippen MR) is 155 cm³/mol. The Hall–Kier alpha value is -3.64. The van der Waals surface area contributed by atoms with Crippen molar-refractivity contribution in [3.63, 3.8) is 0 Å². The van der Waals surface area contributed by atoms with Crippen molar-refractivity contribution < 1.29 is 14.3 Å². The van der Waals surface area contributed by atoms with Gasteiger partial charge in [0.2, 0.25) is 5.91 Å². The Morgan fingerprint density at radius 1 is 1.13 bits per heavy atom. The first-order chi connectivity index (χ1) is 18.4. The first kappa shape index (κ1) is 28.9. The lowest BCUT2D eigenvalue weighted by atomic mass is 10.0. The fraction of sp³-hybridized carbons (Fsp3) is 0.375. The van der Waals surface area contributed by atoms with Crippen molar-refractivity contribution in [3.8, 4) is 11.5 Å². The quantitative estimate of drug-likeness (QED) is 0.270. The third kappa shape index (κ3) is 7.93. The topological polar surface area (TPSA) is 63.7 Å². The van der Waals surface area contributed by atoms with Crippen molar-refractivity contribution >= 4 is 16.8 Å². The normalized spacial score (nSPS) is 12.9. The molecular formula is C32H41N3O3. The number of aromatic nitrogens is 1. The highest BCUT2D eigenvalue weighted by Crippen LogP contribution is 2.31. The summed E-state index contributed by atoms with van der Waals surface area (Å²) in [6, 6.07) is 15.9. The number of carbonyl (C=O) groups excluding carboxylic acids is 1. The van der Waals surface area contributed by atoms with E-state index in [1.165, 1.54) is 5.56 Å². The Kier molecular flexibility index (Phi) is 10.9. The highest BCUT2D eigenvalue weighted by Gasteiger charge is 2.24. The van der Waals surface area contributed by atoms with Crippen molar-refractivity contribution in [2.24, 2.45) is 5.92 Å². The highest BCUT2D eigenvalue weighted by molar-refractivity contribution is 5.87. The van der Waals surface area contributed by atoms with Crippen LogP contribution in [0, 0.1) is 5.92 Å². The van der Waals surface area contributed by atoms with Gasteiger partial charge < -0.3 is 14.8 Å². The number of ether oxygens (including phenoxy) is 2. The molecule has 0 saturated heterocycles. The lowest BCUT2D eigenvalue weighted by Gasteiger charge is -2.28. The van der Waals surface area contributed by atoms with E-state index in [1.54, 1.807) is 13.3 Å². The van der Waals surface area contributed by atoms with E-state index in [0.717, 1.165) is 46.5 Å². The van der Waals surface area contributed by atoms with Crippen LogP contribution in [-0.4, -0.2) is 42.6 Å². The smallest absolute Gasteiger partial charge is 0.241 e. The molecule has 3 aromatic rings. The molecule has 1 atom stereocenters. The number of fused-ring (bicyclic) bond motifs is 1. The molecule has 1 N–H and O–H groups in total. The van der Waals surface area contributed by atoms with Crippen molar-refractivity contribution in [2.75, 3.05) is 20.8 Å². The number of amides is 1. The number of methoxy groups -OCH3 is 1. The average molecular weight is 516 g/mol. The minimum absolute atomic E-state index is 0.00486. The summed E-state index contributed by atoms with van der Waals surface area (Å²) in [6.45, 7) is 9.37. The van der Waals surface area contributed by atoms with E-state index in [0.29, 0.717) is 19.1 Å². The fourth-order valence-corrected chi connectivity index (χ4v) is 4.45. The molecule has 0 saturated carbocycles. The van der Waals surface area contributed by atoms with Crippen molar-refractivity contribution in [1.82, 2.24) is 15.2 Å². The second-order valence-electron chi connectivity index (χ2n) is 9.84. The van der Waals surface area contributed by atoms with Crippen LogP contribution in [-0.2, 0) is 17.8 Å². The molecule has 0 bridgehead atoms. The Bertz CT molecular complexity index is 1250. The van der Waals surface area contributed by atoms with Crippen LogP contribution in [0.2, 0.25) is 0 Å². The third-order valence-electron chi connectivity index (χ3n) is 6.50. The Balaban J connectivity index is 1.65. The van der Waals surface area contributed by atoms with E-state index in [1.807, 2.05) is 68.6 Å². The maximum Gasteiger partial charge on any atom is 0.241 e. The van der Waals surface area contributed by atoms with Crippen LogP contribution in [0.4, 0.5) is 0 Å². The lowest BCUT2D eigenvalue weighted by Crippen LogP contribution is -2.45. The van der Waals surface area contributed by atoms with Crippen LogP contribution in [0.5, 0.6) is 11.5 Å². The van der Waals surface area contributed by atoms with E-state index < -0.39 is 0 Å². The molecule has 38 heavy (non-hydrogen) atoms. The van der Waals surface area contributed by atoms with Gasteiger partial charge in [0.05, 0.1) is 18.7 Å². The van der Waals surface area contributed by atoms with Gasteiger partial charge in [0, 0.05) is 23.8 Å². The molecule has 1 amide bonds. The van der Waals surface area contributed by atoms with Crippen molar-refractivity contribution in [2.45, 2.75) is 53.1 Å². The van der Waals surface area contributed by atoms with Crippen LogP contribution in [0.25, 0.3) is 10.9 Å². The van der Waals surface area contributed by atoms with Crippen LogP contribution in [0.1, 0.15) is 45.2 Å². The predicted octanol–water partition coefficient (Wildman–Crippen LogP) is 6.31. The number of nitrogens with one attached hydrogen (secondary N) is 1. The molecule has 0 aliphatic carbocycles. The summed E-state index contributed by atoms with van der Waals surface area (Å²) >= 11 is 0. The summed E-state index contributed by atoms with van der Waals surface area (Å²) in [4.78, 5) is 19.9. The first-order valence-corrected chi connectivity index (χ1v) is 13.3. The third-order valence-corrected chi connectivity index (χ3v) is 6.50. The minimum Gasteiger partial charge on any atom is -0.496 e. The molecule has 1 unspecified atom stereocenters. The zero-order valence-electron chi connectivity index (χ0n) is 23.5. The summed E-state index contributed by atoms with van der Waals surface area (Å²) in [6.07, 6.45) is 9.10. The van der Waals surface area contributed by atoms with Crippen LogP contribution in [0.3, 0.4) is 0 Å². The number of aryl methyl sites for hydroxylation is 1. The Morgan fingerprint density at radius 3 is 2.55 bits per heavy atom. The molecule has 0 fully saturated rings. The largest absolute Gasteiger partial charge is 0.496 e. The molecule has 0 aliphatic heterocycles. The number of nitrogens with zero attached hydrogens (tertiary/aromatic N) is 2. The van der Waals surface area contributed by atoms with Crippen molar-refractivity contribution in [1.29, 1.82) is 0 Å². The fourth-order valence-electron chi connectivity index (χ4n) is 4.45. The maximum atomic E-state index is 13.3. The van der Waals surface area contributed by atoms with Gasteiger partial charge >= 0.3 is 0 Å². The van der Waals surface area contributed by atoms with Gasteiger partial charge in [-0.25, -0.2) is 0 Å².